The molecule has 72 valence electrons. The van der Waals surface area contributed by atoms with E-state index in [2.05, 4.69) is 4.18 Å². The van der Waals surface area contributed by atoms with Crippen LogP contribution in [0.1, 0.15) is 18.6 Å². The molecule has 0 aliphatic rings. The van der Waals surface area contributed by atoms with Gasteiger partial charge in [-0.1, -0.05) is 18.2 Å². The molecule has 0 N–H and O–H groups in total. The Morgan fingerprint density at radius 2 is 2.15 bits per heavy atom. The molecule has 1 rings (SSSR count). The second kappa shape index (κ2) is 4.45. The summed E-state index contributed by atoms with van der Waals surface area (Å²) < 4.78 is 37.7. The zero-order valence-electron chi connectivity index (χ0n) is 6.90. The highest BCUT2D eigenvalue weighted by atomic mass is 32.2. The van der Waals surface area contributed by atoms with E-state index in [1.807, 2.05) is 0 Å². The fourth-order valence-electron chi connectivity index (χ4n) is 0.974. The van der Waals surface area contributed by atoms with Crippen LogP contribution in [0.4, 0.5) is 4.39 Å². The Kier molecular flexibility index (Phi) is 3.53. The third-order valence-corrected chi connectivity index (χ3v) is 2.01. The summed E-state index contributed by atoms with van der Waals surface area (Å²) in [5.41, 5.74) is 0.228. The van der Waals surface area contributed by atoms with Crippen molar-refractivity contribution < 1.29 is 17.3 Å². The van der Waals surface area contributed by atoms with Crippen LogP contribution in [0.15, 0.2) is 24.3 Å². The van der Waals surface area contributed by atoms with Crippen LogP contribution < -0.4 is 0 Å². The average molecular weight is 203 g/mol. The minimum absolute atomic E-state index is 0.228. The molecular formula is C8H8FO3S-. The third-order valence-electron chi connectivity index (χ3n) is 1.57. The molecule has 0 aromatic heterocycles. The van der Waals surface area contributed by atoms with E-state index in [1.165, 1.54) is 25.1 Å². The molecule has 0 bridgehead atoms. The summed E-state index contributed by atoms with van der Waals surface area (Å²) in [5.74, 6) is -0.472. The predicted octanol–water partition coefficient (Wildman–Crippen LogP) is 1.70. The molecule has 0 aliphatic carbocycles. The number of halogens is 1. The lowest BCUT2D eigenvalue weighted by Crippen LogP contribution is -2.04. The van der Waals surface area contributed by atoms with Gasteiger partial charge in [0.2, 0.25) is 0 Å². The van der Waals surface area contributed by atoms with Crippen molar-refractivity contribution in [2.75, 3.05) is 0 Å². The lowest BCUT2D eigenvalue weighted by Gasteiger charge is -2.14. The molecule has 0 saturated heterocycles. The topological polar surface area (TPSA) is 49.4 Å². The molecule has 0 fully saturated rings. The first-order chi connectivity index (χ1) is 6.11. The van der Waals surface area contributed by atoms with Gasteiger partial charge in [0.15, 0.2) is 0 Å². The van der Waals surface area contributed by atoms with Gasteiger partial charge in [-0.2, -0.15) is 0 Å². The summed E-state index contributed by atoms with van der Waals surface area (Å²) >= 11 is -2.62. The molecule has 1 aromatic carbocycles. The highest BCUT2D eigenvalue weighted by Crippen LogP contribution is 2.19. The molecule has 5 heteroatoms. The highest BCUT2D eigenvalue weighted by Gasteiger charge is 2.10. The Bertz CT molecular complexity index is 316. The summed E-state index contributed by atoms with van der Waals surface area (Å²) in [7, 11) is 0. The van der Waals surface area contributed by atoms with Crippen LogP contribution in [-0.2, 0) is 15.5 Å². The van der Waals surface area contributed by atoms with Crippen molar-refractivity contribution in [1.29, 1.82) is 0 Å². The maximum Gasteiger partial charge on any atom is 0.129 e. The van der Waals surface area contributed by atoms with Gasteiger partial charge in [0.1, 0.15) is 5.82 Å². The van der Waals surface area contributed by atoms with Crippen molar-refractivity contribution in [1.82, 2.24) is 0 Å². The van der Waals surface area contributed by atoms with Crippen molar-refractivity contribution >= 4 is 11.4 Å². The minimum atomic E-state index is -2.62. The van der Waals surface area contributed by atoms with E-state index in [1.54, 1.807) is 6.07 Å². The average Bonchev–Trinajstić information content (AvgIpc) is 2.03. The van der Waals surface area contributed by atoms with Crippen molar-refractivity contribution in [2.45, 2.75) is 13.0 Å². The van der Waals surface area contributed by atoms with Gasteiger partial charge in [-0.3, -0.25) is 4.18 Å². The number of hydrogen-bond acceptors (Lipinski definition) is 3. The van der Waals surface area contributed by atoms with Crippen LogP contribution in [0, 0.1) is 5.82 Å². The van der Waals surface area contributed by atoms with Crippen LogP contribution >= 0.6 is 0 Å². The summed E-state index contributed by atoms with van der Waals surface area (Å²) in [6.45, 7) is 1.47. The molecule has 0 aliphatic heterocycles. The largest absolute Gasteiger partial charge is 0.750 e. The molecule has 0 amide bonds. The number of hydrogen-bond donors (Lipinski definition) is 0. The molecule has 0 heterocycles. The summed E-state index contributed by atoms with van der Waals surface area (Å²) in [4.78, 5) is 0. The van der Waals surface area contributed by atoms with E-state index in [0.29, 0.717) is 0 Å². The zero-order chi connectivity index (χ0) is 9.84. The predicted molar refractivity (Wildman–Crippen MR) is 44.8 cm³/mol. The first kappa shape index (κ1) is 10.3. The fraction of sp³-hybridized carbons (Fsp3) is 0.250. The number of benzene rings is 1. The summed E-state index contributed by atoms with van der Waals surface area (Å²) in [5, 5.41) is 0. The molecule has 1 aromatic rings. The standard InChI is InChI=1S/C8H9FO3S/c1-6(12-13(10)11)7-4-2-3-5-8(7)9/h2-6H,1H3,(H,10,11)/p-1. The molecule has 2 atom stereocenters. The second-order valence-corrected chi connectivity index (χ2v) is 3.06. The van der Waals surface area contributed by atoms with Gasteiger partial charge in [0, 0.05) is 5.56 Å². The van der Waals surface area contributed by atoms with Crippen molar-refractivity contribution in [3.8, 4) is 0 Å². The van der Waals surface area contributed by atoms with Gasteiger partial charge in [-0.05, 0) is 13.0 Å². The van der Waals surface area contributed by atoms with Crippen LogP contribution in [0.3, 0.4) is 0 Å². The Labute approximate surface area is 78.0 Å². The molecular weight excluding hydrogens is 195 g/mol. The Hall–Kier alpha value is -0.780. The first-order valence-corrected chi connectivity index (χ1v) is 4.62. The minimum Gasteiger partial charge on any atom is -0.750 e. The van der Waals surface area contributed by atoms with E-state index in [-0.39, 0.29) is 5.56 Å². The quantitative estimate of drug-likeness (QED) is 0.702. The summed E-state index contributed by atoms with van der Waals surface area (Å²) in [6, 6.07) is 5.88. The van der Waals surface area contributed by atoms with Crippen LogP contribution in [-0.4, -0.2) is 8.76 Å². The van der Waals surface area contributed by atoms with Gasteiger partial charge >= 0.3 is 0 Å². The molecule has 0 saturated carbocycles. The van der Waals surface area contributed by atoms with Gasteiger partial charge in [-0.15, -0.1) is 0 Å². The fourth-order valence-corrected chi connectivity index (χ4v) is 1.31. The lowest BCUT2D eigenvalue weighted by atomic mass is 10.1. The Morgan fingerprint density at radius 3 is 2.69 bits per heavy atom. The first-order valence-electron chi connectivity index (χ1n) is 3.62. The Balaban J connectivity index is 2.82. The van der Waals surface area contributed by atoms with Crippen LogP contribution in [0.5, 0.6) is 0 Å². The van der Waals surface area contributed by atoms with Gasteiger partial charge in [-0.25, -0.2) is 8.60 Å². The van der Waals surface area contributed by atoms with E-state index in [4.69, 9.17) is 0 Å². The van der Waals surface area contributed by atoms with E-state index >= 15 is 0 Å². The van der Waals surface area contributed by atoms with E-state index in [0.717, 1.165) is 0 Å². The highest BCUT2D eigenvalue weighted by molar-refractivity contribution is 7.74. The monoisotopic (exact) mass is 203 g/mol. The number of rotatable bonds is 3. The molecule has 0 radical (unpaired) electrons. The maximum atomic E-state index is 13.0. The summed E-state index contributed by atoms with van der Waals surface area (Å²) in [6.07, 6.45) is -0.792. The second-order valence-electron chi connectivity index (χ2n) is 2.46. The molecule has 3 nitrogen and oxygen atoms in total. The van der Waals surface area contributed by atoms with Crippen molar-refractivity contribution in [2.24, 2.45) is 0 Å². The maximum absolute atomic E-state index is 13.0. The van der Waals surface area contributed by atoms with Gasteiger partial charge in [0.05, 0.1) is 17.5 Å². The SMILES string of the molecule is CC(OS(=O)[O-])c1ccccc1F. The van der Waals surface area contributed by atoms with Gasteiger partial charge < -0.3 is 4.55 Å². The van der Waals surface area contributed by atoms with Crippen LogP contribution in [0.25, 0.3) is 0 Å². The van der Waals surface area contributed by atoms with E-state index < -0.39 is 23.3 Å². The Morgan fingerprint density at radius 1 is 1.54 bits per heavy atom. The van der Waals surface area contributed by atoms with Crippen molar-refractivity contribution in [3.63, 3.8) is 0 Å². The molecule has 0 spiro atoms. The van der Waals surface area contributed by atoms with Crippen LogP contribution in [0.2, 0.25) is 0 Å². The lowest BCUT2D eigenvalue weighted by molar-refractivity contribution is 0.218. The normalized spacial score (nSPS) is 15.3. The third kappa shape index (κ3) is 2.87. The zero-order valence-corrected chi connectivity index (χ0v) is 7.71. The molecule has 13 heavy (non-hydrogen) atoms. The smallest absolute Gasteiger partial charge is 0.129 e. The van der Waals surface area contributed by atoms with Gasteiger partial charge in [0.25, 0.3) is 0 Å². The molecule has 2 unspecified atom stereocenters. The van der Waals surface area contributed by atoms with E-state index in [9.17, 15) is 13.2 Å². The van der Waals surface area contributed by atoms with Crippen molar-refractivity contribution in [3.05, 3.63) is 35.6 Å².